The minimum atomic E-state index is -0.204. The number of benzene rings is 1. The van der Waals surface area contributed by atoms with Gasteiger partial charge in [-0.3, -0.25) is 9.59 Å². The molecule has 0 heterocycles. The first-order chi connectivity index (χ1) is 8.56. The van der Waals surface area contributed by atoms with Gasteiger partial charge in [-0.1, -0.05) is 6.07 Å². The van der Waals surface area contributed by atoms with E-state index in [1.54, 1.807) is 0 Å². The van der Waals surface area contributed by atoms with Gasteiger partial charge in [0.2, 0.25) is 11.8 Å². The first-order valence-corrected chi connectivity index (χ1v) is 5.98. The number of fused-ring (bicyclic) bond motifs is 1. The summed E-state index contributed by atoms with van der Waals surface area (Å²) in [6, 6.07) is 5.79. The topological polar surface area (TPSA) is 84.2 Å². The Morgan fingerprint density at radius 1 is 1.44 bits per heavy atom. The lowest BCUT2D eigenvalue weighted by Crippen LogP contribution is -2.37. The lowest BCUT2D eigenvalue weighted by molar-refractivity contribution is -0.125. The smallest absolute Gasteiger partial charge is 0.239 e. The standard InChI is InChI=1S/C13H17N3O2/c1-8(17)15-7-13(18)16-12-5-2-9-6-10(14)3-4-11(9)12/h3-4,6,12H,2,5,7,14H2,1H3,(H,15,17)(H,16,18). The molecule has 0 fully saturated rings. The summed E-state index contributed by atoms with van der Waals surface area (Å²) >= 11 is 0. The van der Waals surface area contributed by atoms with Crippen LogP contribution in [0.15, 0.2) is 18.2 Å². The summed E-state index contributed by atoms with van der Waals surface area (Å²) < 4.78 is 0. The molecular formula is C13H17N3O2. The van der Waals surface area contributed by atoms with Gasteiger partial charge in [0, 0.05) is 12.6 Å². The van der Waals surface area contributed by atoms with Crippen molar-refractivity contribution in [3.8, 4) is 0 Å². The van der Waals surface area contributed by atoms with Crippen molar-refractivity contribution in [3.05, 3.63) is 29.3 Å². The molecule has 2 amide bonds. The van der Waals surface area contributed by atoms with Crippen LogP contribution in [-0.2, 0) is 16.0 Å². The normalized spacial score (nSPS) is 17.1. The molecule has 0 bridgehead atoms. The van der Waals surface area contributed by atoms with Crippen molar-refractivity contribution in [3.63, 3.8) is 0 Å². The van der Waals surface area contributed by atoms with E-state index >= 15 is 0 Å². The minimum Gasteiger partial charge on any atom is -0.399 e. The molecule has 2 rings (SSSR count). The zero-order chi connectivity index (χ0) is 13.1. The maximum absolute atomic E-state index is 11.6. The van der Waals surface area contributed by atoms with E-state index < -0.39 is 0 Å². The van der Waals surface area contributed by atoms with Crippen LogP contribution in [0.1, 0.15) is 30.5 Å². The summed E-state index contributed by atoms with van der Waals surface area (Å²) in [4.78, 5) is 22.3. The average Bonchev–Trinajstić information content (AvgIpc) is 2.69. The van der Waals surface area contributed by atoms with Gasteiger partial charge in [-0.25, -0.2) is 0 Å². The third-order valence-electron chi connectivity index (χ3n) is 3.08. The first kappa shape index (κ1) is 12.4. The zero-order valence-corrected chi connectivity index (χ0v) is 10.3. The Balaban J connectivity index is 1.97. The molecule has 0 spiro atoms. The number of hydrogen-bond acceptors (Lipinski definition) is 3. The van der Waals surface area contributed by atoms with Crippen LogP contribution in [0.5, 0.6) is 0 Å². The van der Waals surface area contributed by atoms with E-state index in [2.05, 4.69) is 10.6 Å². The number of hydrogen-bond donors (Lipinski definition) is 3. The molecule has 5 nitrogen and oxygen atoms in total. The van der Waals surface area contributed by atoms with Gasteiger partial charge in [0.25, 0.3) is 0 Å². The molecule has 0 saturated carbocycles. The average molecular weight is 247 g/mol. The highest BCUT2D eigenvalue weighted by Gasteiger charge is 2.23. The van der Waals surface area contributed by atoms with E-state index in [1.165, 1.54) is 12.5 Å². The Bertz CT molecular complexity index is 485. The molecular weight excluding hydrogens is 230 g/mol. The van der Waals surface area contributed by atoms with Crippen LogP contribution < -0.4 is 16.4 Å². The summed E-state index contributed by atoms with van der Waals surface area (Å²) in [5, 5.41) is 5.40. The third kappa shape index (κ3) is 2.80. The number of aryl methyl sites for hydroxylation is 1. The van der Waals surface area contributed by atoms with Crippen molar-refractivity contribution in [2.45, 2.75) is 25.8 Å². The highest BCUT2D eigenvalue weighted by atomic mass is 16.2. The van der Waals surface area contributed by atoms with Crippen LogP contribution in [0.25, 0.3) is 0 Å². The van der Waals surface area contributed by atoms with Gasteiger partial charge >= 0.3 is 0 Å². The SMILES string of the molecule is CC(=O)NCC(=O)NC1CCc2cc(N)ccc21. The summed E-state index contributed by atoms with van der Waals surface area (Å²) in [6.45, 7) is 1.41. The van der Waals surface area contributed by atoms with E-state index in [9.17, 15) is 9.59 Å². The Morgan fingerprint density at radius 3 is 2.94 bits per heavy atom. The van der Waals surface area contributed by atoms with Crippen LogP contribution in [0, 0.1) is 0 Å². The molecule has 4 N–H and O–H groups in total. The Kier molecular flexibility index (Phi) is 3.50. The molecule has 1 aliphatic rings. The molecule has 1 aliphatic carbocycles. The number of amides is 2. The van der Waals surface area contributed by atoms with Gasteiger partial charge in [0.1, 0.15) is 0 Å². The number of carbonyl (C=O) groups is 2. The first-order valence-electron chi connectivity index (χ1n) is 5.98. The van der Waals surface area contributed by atoms with Crippen LogP contribution in [-0.4, -0.2) is 18.4 Å². The van der Waals surface area contributed by atoms with Gasteiger partial charge in [0.05, 0.1) is 12.6 Å². The number of rotatable bonds is 3. The largest absolute Gasteiger partial charge is 0.399 e. The molecule has 1 atom stereocenters. The lowest BCUT2D eigenvalue weighted by Gasteiger charge is -2.14. The fourth-order valence-corrected chi connectivity index (χ4v) is 2.24. The van der Waals surface area contributed by atoms with Crippen molar-refractivity contribution in [2.75, 3.05) is 12.3 Å². The number of nitrogens with two attached hydrogens (primary N) is 1. The zero-order valence-electron chi connectivity index (χ0n) is 10.3. The highest BCUT2D eigenvalue weighted by Crippen LogP contribution is 2.32. The second kappa shape index (κ2) is 5.08. The summed E-state index contributed by atoms with van der Waals surface area (Å²) in [5.74, 6) is -0.371. The van der Waals surface area contributed by atoms with Gasteiger partial charge in [-0.15, -0.1) is 0 Å². The molecule has 96 valence electrons. The molecule has 18 heavy (non-hydrogen) atoms. The van der Waals surface area contributed by atoms with E-state index in [0.717, 1.165) is 24.1 Å². The second-order valence-corrected chi connectivity index (χ2v) is 4.53. The van der Waals surface area contributed by atoms with Crippen LogP contribution in [0.2, 0.25) is 0 Å². The van der Waals surface area contributed by atoms with Gasteiger partial charge in [-0.05, 0) is 36.1 Å². The fourth-order valence-electron chi connectivity index (χ4n) is 2.24. The molecule has 0 aromatic heterocycles. The summed E-state index contributed by atoms with van der Waals surface area (Å²) in [5.41, 5.74) is 8.79. The maximum Gasteiger partial charge on any atom is 0.239 e. The number of nitrogen functional groups attached to an aromatic ring is 1. The lowest BCUT2D eigenvalue weighted by atomic mass is 10.1. The molecule has 0 radical (unpaired) electrons. The molecule has 1 aromatic rings. The predicted octanol–water partition coefficient (Wildman–Crippen LogP) is 0.508. The van der Waals surface area contributed by atoms with E-state index in [4.69, 9.17) is 5.73 Å². The Hall–Kier alpha value is -2.04. The van der Waals surface area contributed by atoms with E-state index in [1.807, 2.05) is 18.2 Å². The summed E-state index contributed by atoms with van der Waals surface area (Å²) in [6.07, 6.45) is 1.80. The van der Waals surface area contributed by atoms with E-state index in [-0.39, 0.29) is 24.4 Å². The second-order valence-electron chi connectivity index (χ2n) is 4.53. The van der Waals surface area contributed by atoms with Crippen LogP contribution in [0.3, 0.4) is 0 Å². The minimum absolute atomic E-state index is 0.0239. The molecule has 5 heteroatoms. The maximum atomic E-state index is 11.6. The summed E-state index contributed by atoms with van der Waals surface area (Å²) in [7, 11) is 0. The van der Waals surface area contributed by atoms with Crippen molar-refractivity contribution in [1.82, 2.24) is 10.6 Å². The number of nitrogens with one attached hydrogen (secondary N) is 2. The fraction of sp³-hybridized carbons (Fsp3) is 0.385. The van der Waals surface area contributed by atoms with Gasteiger partial charge in [-0.2, -0.15) is 0 Å². The molecule has 1 unspecified atom stereocenters. The number of anilines is 1. The van der Waals surface area contributed by atoms with Gasteiger partial charge in [0.15, 0.2) is 0 Å². The van der Waals surface area contributed by atoms with E-state index in [0.29, 0.717) is 0 Å². The van der Waals surface area contributed by atoms with Crippen molar-refractivity contribution in [2.24, 2.45) is 0 Å². The van der Waals surface area contributed by atoms with Crippen molar-refractivity contribution >= 4 is 17.5 Å². The molecule has 0 saturated heterocycles. The molecule has 1 aromatic carbocycles. The van der Waals surface area contributed by atoms with Crippen molar-refractivity contribution < 1.29 is 9.59 Å². The quantitative estimate of drug-likeness (QED) is 0.680. The van der Waals surface area contributed by atoms with Crippen LogP contribution in [0.4, 0.5) is 5.69 Å². The Morgan fingerprint density at radius 2 is 2.22 bits per heavy atom. The highest BCUT2D eigenvalue weighted by molar-refractivity contribution is 5.84. The van der Waals surface area contributed by atoms with Crippen LogP contribution >= 0.6 is 0 Å². The predicted molar refractivity (Wildman–Crippen MR) is 68.7 cm³/mol. The monoisotopic (exact) mass is 247 g/mol. The van der Waals surface area contributed by atoms with Gasteiger partial charge < -0.3 is 16.4 Å². The van der Waals surface area contributed by atoms with Crippen molar-refractivity contribution in [1.29, 1.82) is 0 Å². The molecule has 0 aliphatic heterocycles. The Labute approximate surface area is 106 Å². The third-order valence-corrected chi connectivity index (χ3v) is 3.08. The number of carbonyl (C=O) groups excluding carboxylic acids is 2.